The summed E-state index contributed by atoms with van der Waals surface area (Å²) in [7, 11) is 0. The van der Waals surface area contributed by atoms with Gasteiger partial charge in [-0.25, -0.2) is 4.98 Å². The maximum atomic E-state index is 5.38. The number of aromatic nitrogens is 1. The second-order valence-corrected chi connectivity index (χ2v) is 3.85. The van der Waals surface area contributed by atoms with Gasteiger partial charge in [0.1, 0.15) is 0 Å². The molecule has 4 nitrogen and oxygen atoms in total. The zero-order valence-electron chi connectivity index (χ0n) is 9.36. The predicted molar refractivity (Wildman–Crippen MR) is 66.7 cm³/mol. The summed E-state index contributed by atoms with van der Waals surface area (Å²) < 4.78 is 0. The third-order valence-corrected chi connectivity index (χ3v) is 2.46. The number of nitrogens with zero attached hydrogens (tertiary/aromatic N) is 2. The van der Waals surface area contributed by atoms with Crippen molar-refractivity contribution in [1.29, 1.82) is 0 Å². The molecule has 0 spiro atoms. The standard InChI is InChI=1S/C12H14N4/c1-7-3-4-9-8(2)6-15-11(10(9)5-7)16-12(13)14/h3-6H,1-2H3,(H4,13,14,15,16). The summed E-state index contributed by atoms with van der Waals surface area (Å²) in [6.07, 6.45) is 1.78. The highest BCUT2D eigenvalue weighted by molar-refractivity contribution is 5.95. The van der Waals surface area contributed by atoms with Crippen LogP contribution in [0, 0.1) is 13.8 Å². The molecule has 2 rings (SSSR count). The molecule has 4 heteroatoms. The monoisotopic (exact) mass is 214 g/mol. The van der Waals surface area contributed by atoms with Gasteiger partial charge in [0.2, 0.25) is 0 Å². The smallest absolute Gasteiger partial charge is 0.192 e. The van der Waals surface area contributed by atoms with E-state index in [2.05, 4.69) is 22.1 Å². The molecule has 0 saturated carbocycles. The fourth-order valence-electron chi connectivity index (χ4n) is 1.70. The normalized spacial score (nSPS) is 10.4. The topological polar surface area (TPSA) is 77.3 Å². The van der Waals surface area contributed by atoms with Crippen LogP contribution in [0.1, 0.15) is 11.1 Å². The number of guanidine groups is 1. The Morgan fingerprint density at radius 3 is 2.62 bits per heavy atom. The van der Waals surface area contributed by atoms with Crippen molar-refractivity contribution in [2.24, 2.45) is 16.5 Å². The van der Waals surface area contributed by atoms with Crippen molar-refractivity contribution < 1.29 is 0 Å². The number of benzene rings is 1. The summed E-state index contributed by atoms with van der Waals surface area (Å²) in [6, 6.07) is 6.17. The minimum atomic E-state index is 0.0270. The van der Waals surface area contributed by atoms with Gasteiger partial charge in [-0.3, -0.25) is 0 Å². The lowest BCUT2D eigenvalue weighted by Gasteiger charge is -2.05. The number of aliphatic imine (C=N–C) groups is 1. The van der Waals surface area contributed by atoms with E-state index in [1.165, 1.54) is 0 Å². The van der Waals surface area contributed by atoms with Crippen LogP contribution < -0.4 is 11.5 Å². The van der Waals surface area contributed by atoms with Crippen LogP contribution in [0.15, 0.2) is 29.4 Å². The Balaban J connectivity index is 2.81. The zero-order chi connectivity index (χ0) is 11.7. The van der Waals surface area contributed by atoms with E-state index >= 15 is 0 Å². The number of fused-ring (bicyclic) bond motifs is 1. The van der Waals surface area contributed by atoms with Crippen molar-refractivity contribution in [3.63, 3.8) is 0 Å². The molecule has 0 amide bonds. The van der Waals surface area contributed by atoms with Crippen LogP contribution in [0.5, 0.6) is 0 Å². The Bertz CT molecular complexity index is 568. The lowest BCUT2D eigenvalue weighted by atomic mass is 10.1. The highest BCUT2D eigenvalue weighted by Gasteiger charge is 2.04. The maximum Gasteiger partial charge on any atom is 0.192 e. The van der Waals surface area contributed by atoms with E-state index in [9.17, 15) is 0 Å². The van der Waals surface area contributed by atoms with E-state index in [-0.39, 0.29) is 5.96 Å². The molecule has 4 N–H and O–H groups in total. The minimum Gasteiger partial charge on any atom is -0.370 e. The molecule has 0 bridgehead atoms. The highest BCUT2D eigenvalue weighted by Crippen LogP contribution is 2.26. The summed E-state index contributed by atoms with van der Waals surface area (Å²) in [5.41, 5.74) is 13.0. The van der Waals surface area contributed by atoms with E-state index in [1.807, 2.05) is 19.9 Å². The number of hydrogen-bond donors (Lipinski definition) is 2. The Hall–Kier alpha value is -2.10. The summed E-state index contributed by atoms with van der Waals surface area (Å²) in [6.45, 7) is 4.05. The molecule has 1 aromatic heterocycles. The predicted octanol–water partition coefficient (Wildman–Crippen LogP) is 1.76. The zero-order valence-corrected chi connectivity index (χ0v) is 9.36. The average molecular weight is 214 g/mol. The van der Waals surface area contributed by atoms with Crippen LogP contribution in [0.3, 0.4) is 0 Å². The molecule has 0 aliphatic rings. The molecule has 0 aliphatic heterocycles. The fourth-order valence-corrected chi connectivity index (χ4v) is 1.70. The summed E-state index contributed by atoms with van der Waals surface area (Å²) in [5.74, 6) is 0.600. The van der Waals surface area contributed by atoms with Crippen molar-refractivity contribution in [2.45, 2.75) is 13.8 Å². The summed E-state index contributed by atoms with van der Waals surface area (Å²) in [4.78, 5) is 8.27. The number of nitrogens with two attached hydrogens (primary N) is 2. The van der Waals surface area contributed by atoms with Crippen LogP contribution in [-0.4, -0.2) is 10.9 Å². The van der Waals surface area contributed by atoms with E-state index in [0.29, 0.717) is 5.82 Å². The van der Waals surface area contributed by atoms with Crippen molar-refractivity contribution in [1.82, 2.24) is 4.98 Å². The first-order valence-corrected chi connectivity index (χ1v) is 5.03. The Morgan fingerprint density at radius 1 is 1.19 bits per heavy atom. The van der Waals surface area contributed by atoms with Gasteiger partial charge >= 0.3 is 0 Å². The van der Waals surface area contributed by atoms with Gasteiger partial charge in [-0.05, 0) is 30.9 Å². The molecule has 0 unspecified atom stereocenters. The molecule has 0 radical (unpaired) electrons. The van der Waals surface area contributed by atoms with E-state index in [4.69, 9.17) is 11.5 Å². The van der Waals surface area contributed by atoms with Gasteiger partial charge in [0.05, 0.1) is 0 Å². The van der Waals surface area contributed by atoms with Gasteiger partial charge in [-0.2, -0.15) is 4.99 Å². The quantitative estimate of drug-likeness (QED) is 0.561. The van der Waals surface area contributed by atoms with Gasteiger partial charge in [0.15, 0.2) is 11.8 Å². The maximum absolute atomic E-state index is 5.38. The van der Waals surface area contributed by atoms with Gasteiger partial charge in [-0.15, -0.1) is 0 Å². The van der Waals surface area contributed by atoms with Crippen LogP contribution in [0.2, 0.25) is 0 Å². The molecule has 0 saturated heterocycles. The van der Waals surface area contributed by atoms with Gasteiger partial charge in [0, 0.05) is 11.6 Å². The lowest BCUT2D eigenvalue weighted by Crippen LogP contribution is -2.22. The summed E-state index contributed by atoms with van der Waals surface area (Å²) >= 11 is 0. The first kappa shape index (κ1) is 10.4. The molecule has 0 fully saturated rings. The minimum absolute atomic E-state index is 0.0270. The van der Waals surface area contributed by atoms with Crippen LogP contribution in [-0.2, 0) is 0 Å². The number of hydrogen-bond acceptors (Lipinski definition) is 2. The molecule has 1 heterocycles. The summed E-state index contributed by atoms with van der Waals surface area (Å²) in [5, 5.41) is 2.11. The molecule has 2 aromatic rings. The average Bonchev–Trinajstić information content (AvgIpc) is 2.22. The Kier molecular flexibility index (Phi) is 2.48. The molecular formula is C12H14N4. The van der Waals surface area contributed by atoms with E-state index in [1.54, 1.807) is 6.20 Å². The number of aryl methyl sites for hydroxylation is 2. The molecule has 82 valence electrons. The van der Waals surface area contributed by atoms with E-state index in [0.717, 1.165) is 21.9 Å². The van der Waals surface area contributed by atoms with Crippen LogP contribution in [0.4, 0.5) is 5.82 Å². The first-order chi connectivity index (χ1) is 7.58. The Labute approximate surface area is 94.0 Å². The number of rotatable bonds is 1. The second-order valence-electron chi connectivity index (χ2n) is 3.85. The Morgan fingerprint density at radius 2 is 1.94 bits per heavy atom. The van der Waals surface area contributed by atoms with Gasteiger partial charge in [0.25, 0.3) is 0 Å². The lowest BCUT2D eigenvalue weighted by molar-refractivity contribution is 1.25. The highest BCUT2D eigenvalue weighted by atomic mass is 15.0. The van der Waals surface area contributed by atoms with Crippen LogP contribution in [0.25, 0.3) is 10.8 Å². The van der Waals surface area contributed by atoms with E-state index < -0.39 is 0 Å². The van der Waals surface area contributed by atoms with Crippen molar-refractivity contribution >= 4 is 22.5 Å². The molecular weight excluding hydrogens is 200 g/mol. The second kappa shape index (κ2) is 3.81. The molecule has 1 aromatic carbocycles. The van der Waals surface area contributed by atoms with Crippen molar-refractivity contribution in [3.05, 3.63) is 35.5 Å². The first-order valence-electron chi connectivity index (χ1n) is 5.03. The largest absolute Gasteiger partial charge is 0.370 e. The molecule has 0 atom stereocenters. The number of pyridine rings is 1. The third kappa shape index (κ3) is 1.82. The fraction of sp³-hybridized carbons (Fsp3) is 0.167. The van der Waals surface area contributed by atoms with Gasteiger partial charge < -0.3 is 11.5 Å². The van der Waals surface area contributed by atoms with Crippen LogP contribution >= 0.6 is 0 Å². The van der Waals surface area contributed by atoms with Gasteiger partial charge in [-0.1, -0.05) is 17.7 Å². The van der Waals surface area contributed by atoms with Crippen molar-refractivity contribution in [2.75, 3.05) is 0 Å². The molecule has 0 aliphatic carbocycles. The third-order valence-electron chi connectivity index (χ3n) is 2.46. The molecule has 16 heavy (non-hydrogen) atoms. The SMILES string of the molecule is Cc1ccc2c(C)cnc(N=C(N)N)c2c1. The van der Waals surface area contributed by atoms with Crippen molar-refractivity contribution in [3.8, 4) is 0 Å².